The number of hydrogen-bond acceptors (Lipinski definition) is 7. The van der Waals surface area contributed by atoms with Crippen LogP contribution in [0, 0.1) is 12.8 Å². The molecule has 2 fully saturated rings. The van der Waals surface area contributed by atoms with Crippen molar-refractivity contribution in [2.24, 2.45) is 5.92 Å². The highest BCUT2D eigenvalue weighted by Crippen LogP contribution is 2.34. The monoisotopic (exact) mass is 453 g/mol. The van der Waals surface area contributed by atoms with E-state index in [1.807, 2.05) is 19.2 Å². The van der Waals surface area contributed by atoms with Crippen LogP contribution < -0.4 is 15.0 Å². The van der Waals surface area contributed by atoms with E-state index in [-0.39, 0.29) is 12.3 Å². The van der Waals surface area contributed by atoms with Crippen molar-refractivity contribution in [1.29, 1.82) is 0 Å². The minimum absolute atomic E-state index is 0.0384. The van der Waals surface area contributed by atoms with Gasteiger partial charge in [0.25, 0.3) is 0 Å². The van der Waals surface area contributed by atoms with Crippen LogP contribution in [0.2, 0.25) is 0 Å². The molecule has 0 spiro atoms. The number of nitrogens with one attached hydrogen (secondary N) is 1. The van der Waals surface area contributed by atoms with Crippen molar-refractivity contribution in [3.05, 3.63) is 35.3 Å². The summed E-state index contributed by atoms with van der Waals surface area (Å²) in [6.07, 6.45) is 8.99. The number of ether oxygens (including phenoxy) is 1. The molecule has 2 aliphatic heterocycles. The van der Waals surface area contributed by atoms with Gasteiger partial charge in [0, 0.05) is 56.5 Å². The van der Waals surface area contributed by atoms with Crippen LogP contribution in [0.3, 0.4) is 0 Å². The summed E-state index contributed by atoms with van der Waals surface area (Å²) in [5.74, 6) is 3.48. The van der Waals surface area contributed by atoms with Crippen molar-refractivity contribution in [2.75, 3.05) is 44.2 Å². The second-order valence-electron chi connectivity index (χ2n) is 9.74. The van der Waals surface area contributed by atoms with E-state index in [9.17, 15) is 4.79 Å². The molecule has 8 heteroatoms. The van der Waals surface area contributed by atoms with Gasteiger partial charge in [-0.15, -0.1) is 0 Å². The lowest BCUT2D eigenvalue weighted by atomic mass is 9.84. The largest absolute Gasteiger partial charge is 0.489 e. The molecular formula is C25H35N5O3. The molecule has 0 atom stereocenters. The fourth-order valence-corrected chi connectivity index (χ4v) is 5.40. The van der Waals surface area contributed by atoms with E-state index in [1.54, 1.807) is 0 Å². The Morgan fingerprint density at radius 2 is 2.00 bits per heavy atom. The minimum Gasteiger partial charge on any atom is -0.489 e. The van der Waals surface area contributed by atoms with E-state index in [0.29, 0.717) is 11.8 Å². The highest BCUT2D eigenvalue weighted by Gasteiger charge is 2.26. The van der Waals surface area contributed by atoms with Gasteiger partial charge < -0.3 is 19.5 Å². The SMILES string of the molecule is Cc1cc(CC(=O)N[C@H]2CC[C@H](CCN3CCN(c4nccc5c4OCC5)CC3)CC2)on1. The van der Waals surface area contributed by atoms with Crippen molar-refractivity contribution in [3.63, 3.8) is 0 Å². The Hall–Kier alpha value is -2.61. The number of aryl methyl sites for hydroxylation is 1. The lowest BCUT2D eigenvalue weighted by Gasteiger charge is -2.37. The van der Waals surface area contributed by atoms with Crippen LogP contribution in [0.25, 0.3) is 0 Å². The van der Waals surface area contributed by atoms with Gasteiger partial charge in [-0.1, -0.05) is 5.16 Å². The lowest BCUT2D eigenvalue weighted by Crippen LogP contribution is -2.47. The number of carbonyl (C=O) groups excluding carboxylic acids is 1. The van der Waals surface area contributed by atoms with E-state index in [2.05, 4.69) is 31.3 Å². The number of fused-ring (bicyclic) bond motifs is 1. The van der Waals surface area contributed by atoms with Gasteiger partial charge in [-0.2, -0.15) is 0 Å². The number of piperazine rings is 1. The Morgan fingerprint density at radius 1 is 1.18 bits per heavy atom. The Bertz CT molecular complexity index is 945. The first-order valence-corrected chi connectivity index (χ1v) is 12.4. The van der Waals surface area contributed by atoms with E-state index in [4.69, 9.17) is 9.26 Å². The molecule has 0 unspecified atom stereocenters. The zero-order valence-corrected chi connectivity index (χ0v) is 19.6. The van der Waals surface area contributed by atoms with Crippen LogP contribution >= 0.6 is 0 Å². The molecule has 5 rings (SSSR count). The summed E-state index contributed by atoms with van der Waals surface area (Å²) in [5.41, 5.74) is 2.11. The number of amides is 1. The molecule has 1 saturated carbocycles. The van der Waals surface area contributed by atoms with Gasteiger partial charge in [-0.3, -0.25) is 9.69 Å². The third-order valence-corrected chi connectivity index (χ3v) is 7.33. The van der Waals surface area contributed by atoms with E-state index in [1.165, 1.54) is 24.8 Å². The Morgan fingerprint density at radius 3 is 2.76 bits per heavy atom. The van der Waals surface area contributed by atoms with E-state index >= 15 is 0 Å². The maximum absolute atomic E-state index is 12.3. The quantitative estimate of drug-likeness (QED) is 0.690. The zero-order valence-electron chi connectivity index (χ0n) is 19.6. The standard InChI is InChI=1S/C25H35N5O3/c1-18-16-22(33-28-18)17-23(31)27-21-4-2-19(3-5-21)7-10-29-11-13-30(14-12-29)25-24-20(6-9-26-25)8-15-32-24/h6,9,16,19,21H,2-5,7-8,10-15,17H2,1H3,(H,27,31)/t19-,21-. The summed E-state index contributed by atoms with van der Waals surface area (Å²) in [7, 11) is 0. The normalized spacial score (nSPS) is 23.2. The molecule has 0 radical (unpaired) electrons. The lowest BCUT2D eigenvalue weighted by molar-refractivity contribution is -0.121. The fraction of sp³-hybridized carbons (Fsp3) is 0.640. The number of anilines is 1. The maximum Gasteiger partial charge on any atom is 0.227 e. The van der Waals surface area contributed by atoms with Gasteiger partial charge in [0.1, 0.15) is 5.76 Å². The molecule has 8 nitrogen and oxygen atoms in total. The molecule has 1 aliphatic carbocycles. The second kappa shape index (κ2) is 10.1. The molecule has 1 N–H and O–H groups in total. The molecule has 178 valence electrons. The number of rotatable bonds is 7. The molecule has 4 heterocycles. The first-order valence-electron chi connectivity index (χ1n) is 12.4. The van der Waals surface area contributed by atoms with Crippen LogP contribution in [0.1, 0.15) is 49.1 Å². The Labute approximate surface area is 195 Å². The van der Waals surface area contributed by atoms with E-state index in [0.717, 1.165) is 81.8 Å². The van der Waals surface area contributed by atoms with Crippen LogP contribution in [0.4, 0.5) is 5.82 Å². The van der Waals surface area contributed by atoms with Crippen LogP contribution in [0.5, 0.6) is 5.75 Å². The number of hydrogen-bond donors (Lipinski definition) is 1. The molecule has 2 aromatic rings. The summed E-state index contributed by atoms with van der Waals surface area (Å²) in [6, 6.07) is 4.20. The average molecular weight is 454 g/mol. The second-order valence-corrected chi connectivity index (χ2v) is 9.74. The molecule has 1 amide bonds. The van der Waals surface area contributed by atoms with Gasteiger partial charge in [0.2, 0.25) is 5.91 Å². The van der Waals surface area contributed by atoms with Gasteiger partial charge in [-0.25, -0.2) is 4.98 Å². The summed E-state index contributed by atoms with van der Waals surface area (Å²) < 4.78 is 11.0. The molecule has 0 bridgehead atoms. The van der Waals surface area contributed by atoms with Gasteiger partial charge in [0.15, 0.2) is 11.6 Å². The van der Waals surface area contributed by atoms with Gasteiger partial charge in [0.05, 0.1) is 18.7 Å². The van der Waals surface area contributed by atoms with Crippen LogP contribution in [0.15, 0.2) is 22.9 Å². The fourth-order valence-electron chi connectivity index (χ4n) is 5.40. The number of aromatic nitrogens is 2. The Balaban J connectivity index is 0.997. The summed E-state index contributed by atoms with van der Waals surface area (Å²) in [6.45, 7) is 7.99. The summed E-state index contributed by atoms with van der Waals surface area (Å²) in [5, 5.41) is 7.03. The van der Waals surface area contributed by atoms with Crippen molar-refractivity contribution < 1.29 is 14.1 Å². The summed E-state index contributed by atoms with van der Waals surface area (Å²) in [4.78, 5) is 21.9. The highest BCUT2D eigenvalue weighted by atomic mass is 16.5. The van der Waals surface area contributed by atoms with Crippen molar-refractivity contribution >= 4 is 11.7 Å². The summed E-state index contributed by atoms with van der Waals surface area (Å²) >= 11 is 0. The first kappa shape index (κ1) is 22.2. The predicted octanol–water partition coefficient (Wildman–Crippen LogP) is 2.74. The number of carbonyl (C=O) groups is 1. The molecule has 0 aromatic carbocycles. The highest BCUT2D eigenvalue weighted by molar-refractivity contribution is 5.78. The molecule has 3 aliphatic rings. The van der Waals surface area contributed by atoms with Gasteiger partial charge in [-0.05, 0) is 57.6 Å². The van der Waals surface area contributed by atoms with E-state index < -0.39 is 0 Å². The van der Waals surface area contributed by atoms with Crippen LogP contribution in [-0.4, -0.2) is 66.3 Å². The topological polar surface area (TPSA) is 83.7 Å². The van der Waals surface area contributed by atoms with Crippen molar-refractivity contribution in [1.82, 2.24) is 20.4 Å². The maximum atomic E-state index is 12.3. The van der Waals surface area contributed by atoms with Crippen molar-refractivity contribution in [3.8, 4) is 5.75 Å². The minimum atomic E-state index is 0.0384. The number of pyridine rings is 1. The average Bonchev–Trinajstić information content (AvgIpc) is 3.47. The zero-order chi connectivity index (χ0) is 22.6. The molecular weight excluding hydrogens is 418 g/mol. The third-order valence-electron chi connectivity index (χ3n) is 7.33. The third kappa shape index (κ3) is 5.49. The van der Waals surface area contributed by atoms with Crippen LogP contribution in [-0.2, 0) is 17.6 Å². The predicted molar refractivity (Wildman–Crippen MR) is 126 cm³/mol. The number of nitrogens with zero attached hydrogens (tertiary/aromatic N) is 4. The first-order chi connectivity index (χ1) is 16.1. The molecule has 2 aromatic heterocycles. The molecule has 33 heavy (non-hydrogen) atoms. The Kier molecular flexibility index (Phi) is 6.80. The smallest absolute Gasteiger partial charge is 0.227 e. The van der Waals surface area contributed by atoms with Gasteiger partial charge >= 0.3 is 0 Å². The van der Waals surface area contributed by atoms with Crippen molar-refractivity contribution in [2.45, 2.75) is 57.9 Å². The molecule has 1 saturated heterocycles.